The van der Waals surface area contributed by atoms with Crippen LogP contribution < -0.4 is 10.5 Å². The molecule has 1 rings (SSSR count). The Labute approximate surface area is 106 Å². The van der Waals surface area contributed by atoms with Crippen molar-refractivity contribution in [2.75, 3.05) is 6.61 Å². The maximum absolute atomic E-state index is 5.68. The van der Waals surface area contributed by atoms with Crippen LogP contribution in [0.25, 0.3) is 0 Å². The lowest BCUT2D eigenvalue weighted by Crippen LogP contribution is -2.02. The Balaban J connectivity index is 2.42. The highest BCUT2D eigenvalue weighted by atomic mass is 79.9. The highest BCUT2D eigenvalue weighted by Gasteiger charge is 2.01. The van der Waals surface area contributed by atoms with Crippen LogP contribution >= 0.6 is 15.9 Å². The third-order valence-corrected chi connectivity index (χ3v) is 3.21. The van der Waals surface area contributed by atoms with Crippen molar-refractivity contribution in [1.29, 1.82) is 0 Å². The molecular weight excluding hydrogens is 266 g/mol. The van der Waals surface area contributed by atoms with Gasteiger partial charge in [-0.15, -0.1) is 0 Å². The topological polar surface area (TPSA) is 35.2 Å². The minimum Gasteiger partial charge on any atom is -0.494 e. The molecule has 0 aliphatic heterocycles. The molecule has 0 atom stereocenters. The van der Waals surface area contributed by atoms with Crippen molar-refractivity contribution in [3.05, 3.63) is 28.2 Å². The van der Waals surface area contributed by atoms with E-state index in [-0.39, 0.29) is 0 Å². The molecule has 0 fully saturated rings. The third kappa shape index (κ3) is 4.54. The van der Waals surface area contributed by atoms with Crippen LogP contribution in [-0.4, -0.2) is 6.61 Å². The zero-order valence-corrected chi connectivity index (χ0v) is 11.6. The number of hydrogen-bond acceptors (Lipinski definition) is 2. The first-order chi connectivity index (χ1) is 7.63. The summed E-state index contributed by atoms with van der Waals surface area (Å²) in [5.41, 5.74) is 6.71. The molecule has 0 saturated heterocycles. The van der Waals surface area contributed by atoms with E-state index in [1.807, 2.05) is 18.2 Å². The highest BCUT2D eigenvalue weighted by molar-refractivity contribution is 9.10. The Morgan fingerprint density at radius 1 is 1.38 bits per heavy atom. The quantitative estimate of drug-likeness (QED) is 0.809. The second kappa shape index (κ2) is 6.92. The van der Waals surface area contributed by atoms with E-state index in [0.717, 1.165) is 34.7 Å². The van der Waals surface area contributed by atoms with Crippen molar-refractivity contribution in [1.82, 2.24) is 0 Å². The van der Waals surface area contributed by atoms with Crippen LogP contribution in [-0.2, 0) is 6.54 Å². The number of ether oxygens (including phenoxy) is 1. The Morgan fingerprint density at radius 3 is 2.75 bits per heavy atom. The molecule has 0 spiro atoms. The molecule has 2 N–H and O–H groups in total. The number of nitrogens with two attached hydrogens (primary N) is 1. The van der Waals surface area contributed by atoms with Gasteiger partial charge in [-0.05, 0) is 42.5 Å². The van der Waals surface area contributed by atoms with Gasteiger partial charge in [-0.25, -0.2) is 0 Å². The summed E-state index contributed by atoms with van der Waals surface area (Å²) in [6, 6.07) is 5.96. The molecule has 1 aromatic carbocycles. The van der Waals surface area contributed by atoms with Crippen LogP contribution in [0.2, 0.25) is 0 Å². The number of benzene rings is 1. The molecule has 1 aromatic rings. The second-order valence-electron chi connectivity index (χ2n) is 4.34. The predicted octanol–water partition coefficient (Wildman–Crippen LogP) is 3.72. The maximum atomic E-state index is 5.68. The molecule has 0 aliphatic carbocycles. The van der Waals surface area contributed by atoms with Crippen LogP contribution in [0, 0.1) is 5.92 Å². The number of halogens is 1. The van der Waals surface area contributed by atoms with Crippen molar-refractivity contribution in [3.8, 4) is 5.75 Å². The Morgan fingerprint density at radius 2 is 2.12 bits per heavy atom. The van der Waals surface area contributed by atoms with Crippen molar-refractivity contribution in [2.24, 2.45) is 11.7 Å². The minimum absolute atomic E-state index is 0.532. The molecule has 3 heteroatoms. The van der Waals surface area contributed by atoms with E-state index < -0.39 is 0 Å². The van der Waals surface area contributed by atoms with E-state index in [9.17, 15) is 0 Å². The van der Waals surface area contributed by atoms with E-state index in [1.165, 1.54) is 6.42 Å². The second-order valence-corrected chi connectivity index (χ2v) is 5.20. The summed E-state index contributed by atoms with van der Waals surface area (Å²) in [6.07, 6.45) is 2.31. The molecule has 0 aromatic heterocycles. The van der Waals surface area contributed by atoms with Crippen molar-refractivity contribution in [3.63, 3.8) is 0 Å². The predicted molar refractivity (Wildman–Crippen MR) is 71.6 cm³/mol. The van der Waals surface area contributed by atoms with Gasteiger partial charge in [0.1, 0.15) is 5.75 Å². The average Bonchev–Trinajstić information content (AvgIpc) is 2.26. The van der Waals surface area contributed by atoms with Gasteiger partial charge in [0.05, 0.1) is 6.61 Å². The fourth-order valence-corrected chi connectivity index (χ4v) is 1.89. The highest BCUT2D eigenvalue weighted by Crippen LogP contribution is 2.22. The van der Waals surface area contributed by atoms with Crippen molar-refractivity contribution >= 4 is 15.9 Å². The number of rotatable bonds is 6. The molecule has 0 saturated carbocycles. The summed E-state index contributed by atoms with van der Waals surface area (Å²) in [5, 5.41) is 0. The van der Waals surface area contributed by atoms with E-state index in [4.69, 9.17) is 10.5 Å². The van der Waals surface area contributed by atoms with Gasteiger partial charge < -0.3 is 10.5 Å². The molecule has 0 aliphatic rings. The zero-order chi connectivity index (χ0) is 12.0. The van der Waals surface area contributed by atoms with Gasteiger partial charge in [0.15, 0.2) is 0 Å². The van der Waals surface area contributed by atoms with E-state index >= 15 is 0 Å². The fourth-order valence-electron chi connectivity index (χ4n) is 1.48. The molecule has 16 heavy (non-hydrogen) atoms. The molecule has 0 amide bonds. The summed E-state index contributed by atoms with van der Waals surface area (Å²) in [6.45, 7) is 5.77. The lowest BCUT2D eigenvalue weighted by molar-refractivity contribution is 0.297. The van der Waals surface area contributed by atoms with Crippen LogP contribution in [0.4, 0.5) is 0 Å². The first kappa shape index (κ1) is 13.5. The van der Waals surface area contributed by atoms with Crippen LogP contribution in [0.5, 0.6) is 5.75 Å². The first-order valence-electron chi connectivity index (χ1n) is 5.74. The largest absolute Gasteiger partial charge is 0.494 e. The standard InChI is InChI=1S/C13H20BrNO/c1-10(2)4-3-7-16-12-5-6-13(14)11(8-12)9-15/h5-6,8,10H,3-4,7,9,15H2,1-2H3. The van der Waals surface area contributed by atoms with Gasteiger partial charge >= 0.3 is 0 Å². The fraction of sp³-hybridized carbons (Fsp3) is 0.538. The minimum atomic E-state index is 0.532. The van der Waals surface area contributed by atoms with Gasteiger partial charge in [0.25, 0.3) is 0 Å². The molecule has 0 bridgehead atoms. The lowest BCUT2D eigenvalue weighted by Gasteiger charge is -2.09. The van der Waals surface area contributed by atoms with E-state index in [1.54, 1.807) is 0 Å². The van der Waals surface area contributed by atoms with Crippen molar-refractivity contribution < 1.29 is 4.74 Å². The Hall–Kier alpha value is -0.540. The zero-order valence-electron chi connectivity index (χ0n) is 10.0. The molecule has 2 nitrogen and oxygen atoms in total. The summed E-state index contributed by atoms with van der Waals surface area (Å²) in [4.78, 5) is 0. The molecule has 0 unspecified atom stereocenters. The first-order valence-corrected chi connectivity index (χ1v) is 6.54. The Bertz CT molecular complexity index is 326. The van der Waals surface area contributed by atoms with E-state index in [2.05, 4.69) is 29.8 Å². The maximum Gasteiger partial charge on any atom is 0.119 e. The van der Waals surface area contributed by atoms with Crippen LogP contribution in [0.1, 0.15) is 32.3 Å². The van der Waals surface area contributed by atoms with Gasteiger partial charge in [-0.1, -0.05) is 29.8 Å². The summed E-state index contributed by atoms with van der Waals surface area (Å²) >= 11 is 3.46. The summed E-state index contributed by atoms with van der Waals surface area (Å²) in [7, 11) is 0. The van der Waals surface area contributed by atoms with Gasteiger partial charge in [-0.2, -0.15) is 0 Å². The molecule has 90 valence electrons. The van der Waals surface area contributed by atoms with Crippen LogP contribution in [0.3, 0.4) is 0 Å². The number of hydrogen-bond donors (Lipinski definition) is 1. The molecule has 0 radical (unpaired) electrons. The average molecular weight is 286 g/mol. The van der Waals surface area contributed by atoms with Gasteiger partial charge in [-0.3, -0.25) is 0 Å². The molecular formula is C13H20BrNO. The summed E-state index contributed by atoms with van der Waals surface area (Å²) in [5.74, 6) is 1.65. The van der Waals surface area contributed by atoms with Gasteiger partial charge in [0, 0.05) is 11.0 Å². The van der Waals surface area contributed by atoms with E-state index in [0.29, 0.717) is 6.54 Å². The van der Waals surface area contributed by atoms with Crippen molar-refractivity contribution in [2.45, 2.75) is 33.2 Å². The Kier molecular flexibility index (Phi) is 5.85. The monoisotopic (exact) mass is 285 g/mol. The van der Waals surface area contributed by atoms with Crippen LogP contribution in [0.15, 0.2) is 22.7 Å². The normalized spacial score (nSPS) is 10.8. The SMILES string of the molecule is CC(C)CCCOc1ccc(Br)c(CN)c1. The lowest BCUT2D eigenvalue weighted by atomic mass is 10.1. The summed E-state index contributed by atoms with van der Waals surface area (Å²) < 4.78 is 6.72. The third-order valence-electron chi connectivity index (χ3n) is 2.43. The molecule has 0 heterocycles. The smallest absolute Gasteiger partial charge is 0.119 e. The van der Waals surface area contributed by atoms with Gasteiger partial charge in [0.2, 0.25) is 0 Å².